The van der Waals surface area contributed by atoms with Crippen molar-refractivity contribution < 1.29 is 4.74 Å². The van der Waals surface area contributed by atoms with Gasteiger partial charge in [0.25, 0.3) is 0 Å². The minimum absolute atomic E-state index is 0.402. The molecule has 7 heteroatoms. The maximum Gasteiger partial charge on any atom is 0.245 e. The number of rotatable bonds is 3. The van der Waals surface area contributed by atoms with Crippen LogP contribution in [0.15, 0.2) is 18.2 Å². The Balaban J connectivity index is 1.24. The lowest BCUT2D eigenvalue weighted by molar-refractivity contribution is 0.197. The molecule has 0 amide bonds. The molecule has 1 fully saturated rings. The molecule has 1 atom stereocenters. The van der Waals surface area contributed by atoms with Gasteiger partial charge in [-0.1, -0.05) is 12.1 Å². The third kappa shape index (κ3) is 2.85. The van der Waals surface area contributed by atoms with Crippen molar-refractivity contribution in [3.05, 3.63) is 35.2 Å². The van der Waals surface area contributed by atoms with E-state index in [0.29, 0.717) is 6.04 Å². The van der Waals surface area contributed by atoms with Crippen LogP contribution in [0.3, 0.4) is 0 Å². The first kappa shape index (κ1) is 16.1. The average Bonchev–Trinajstić information content (AvgIpc) is 3.33. The maximum absolute atomic E-state index is 5.74. The zero-order chi connectivity index (χ0) is 17.5. The largest absolute Gasteiger partial charge is 0.493 e. The Hall–Kier alpha value is -2.12. The predicted octanol–water partition coefficient (Wildman–Crippen LogP) is 1.20. The number of piperazine rings is 1. The van der Waals surface area contributed by atoms with Gasteiger partial charge in [-0.25, -0.2) is 4.68 Å². The van der Waals surface area contributed by atoms with E-state index in [1.165, 1.54) is 11.1 Å². The van der Waals surface area contributed by atoms with Crippen LogP contribution in [0.1, 0.15) is 29.9 Å². The van der Waals surface area contributed by atoms with Crippen molar-refractivity contribution in [2.24, 2.45) is 0 Å². The summed E-state index contributed by atoms with van der Waals surface area (Å²) < 4.78 is 7.79. The van der Waals surface area contributed by atoms with E-state index in [4.69, 9.17) is 14.8 Å². The van der Waals surface area contributed by atoms with Crippen molar-refractivity contribution in [3.63, 3.8) is 0 Å². The molecule has 0 bridgehead atoms. The standard InChI is InChI=1S/C19H26N6O/c1-14(16-3-2-15-4-11-26-17(15)12-16)23-7-9-24(10-8-23)19-21-18-13-20-5-6-25(18)22-19/h2-3,12,14,20H,4-11,13H2,1H3/t14-/m0/s1. The maximum atomic E-state index is 5.74. The van der Waals surface area contributed by atoms with E-state index in [2.05, 4.69) is 40.2 Å². The van der Waals surface area contributed by atoms with Crippen LogP contribution in [0.25, 0.3) is 0 Å². The molecular weight excluding hydrogens is 328 g/mol. The number of benzene rings is 1. The van der Waals surface area contributed by atoms with Gasteiger partial charge in [-0.15, -0.1) is 5.10 Å². The number of ether oxygens (including phenoxy) is 1. The third-order valence-electron chi connectivity index (χ3n) is 5.87. The zero-order valence-corrected chi connectivity index (χ0v) is 15.3. The normalized spacial score (nSPS) is 21.2. The van der Waals surface area contributed by atoms with E-state index >= 15 is 0 Å². The zero-order valence-electron chi connectivity index (χ0n) is 15.3. The molecule has 0 aliphatic carbocycles. The van der Waals surface area contributed by atoms with Gasteiger partial charge >= 0.3 is 0 Å². The fourth-order valence-electron chi connectivity index (χ4n) is 4.15. The molecular formula is C19H26N6O. The second-order valence-corrected chi connectivity index (χ2v) is 7.39. The number of hydrogen-bond donors (Lipinski definition) is 1. The summed E-state index contributed by atoms with van der Waals surface area (Å²) in [5.41, 5.74) is 2.69. The molecule has 0 spiro atoms. The minimum atomic E-state index is 0.402. The van der Waals surface area contributed by atoms with Crippen LogP contribution >= 0.6 is 0 Å². The molecule has 7 nitrogen and oxygen atoms in total. The van der Waals surface area contributed by atoms with E-state index < -0.39 is 0 Å². The van der Waals surface area contributed by atoms with Crippen molar-refractivity contribution in [2.45, 2.75) is 32.5 Å². The number of nitrogens with one attached hydrogen (secondary N) is 1. The Morgan fingerprint density at radius 2 is 2.04 bits per heavy atom. The first-order chi connectivity index (χ1) is 12.8. The summed E-state index contributed by atoms with van der Waals surface area (Å²) in [4.78, 5) is 9.59. The van der Waals surface area contributed by atoms with Crippen molar-refractivity contribution in [1.29, 1.82) is 0 Å². The number of anilines is 1. The van der Waals surface area contributed by atoms with Gasteiger partial charge in [-0.2, -0.15) is 4.98 Å². The van der Waals surface area contributed by atoms with Gasteiger partial charge in [0.15, 0.2) is 0 Å². The molecule has 2 aromatic rings. The Kier molecular flexibility index (Phi) is 4.05. The van der Waals surface area contributed by atoms with E-state index in [1.807, 2.05) is 4.68 Å². The van der Waals surface area contributed by atoms with Gasteiger partial charge < -0.3 is 15.0 Å². The van der Waals surface area contributed by atoms with E-state index in [-0.39, 0.29) is 0 Å². The first-order valence-electron chi connectivity index (χ1n) is 9.67. The smallest absolute Gasteiger partial charge is 0.245 e. The number of nitrogens with zero attached hydrogens (tertiary/aromatic N) is 5. The summed E-state index contributed by atoms with van der Waals surface area (Å²) in [6.07, 6.45) is 1.04. The summed E-state index contributed by atoms with van der Waals surface area (Å²) >= 11 is 0. The van der Waals surface area contributed by atoms with Gasteiger partial charge in [0.2, 0.25) is 5.95 Å². The molecule has 1 saturated heterocycles. The summed E-state index contributed by atoms with van der Waals surface area (Å²) in [6, 6.07) is 7.14. The Bertz CT molecular complexity index is 772. The predicted molar refractivity (Wildman–Crippen MR) is 99.6 cm³/mol. The van der Waals surface area contributed by atoms with Gasteiger partial charge in [0, 0.05) is 45.2 Å². The summed E-state index contributed by atoms with van der Waals surface area (Å²) in [5.74, 6) is 3.02. The average molecular weight is 354 g/mol. The number of hydrogen-bond acceptors (Lipinski definition) is 6. The number of fused-ring (bicyclic) bond motifs is 2. The summed E-state index contributed by atoms with van der Waals surface area (Å²) in [7, 11) is 0. The van der Waals surface area contributed by atoms with Crippen LogP contribution in [-0.2, 0) is 19.5 Å². The molecule has 0 radical (unpaired) electrons. The Morgan fingerprint density at radius 1 is 1.15 bits per heavy atom. The van der Waals surface area contributed by atoms with Crippen molar-refractivity contribution in [3.8, 4) is 5.75 Å². The lowest BCUT2D eigenvalue weighted by atomic mass is 10.0. The second kappa shape index (κ2) is 6.55. The molecule has 1 aromatic carbocycles. The van der Waals surface area contributed by atoms with Gasteiger partial charge in [0.1, 0.15) is 11.6 Å². The van der Waals surface area contributed by atoms with Crippen molar-refractivity contribution in [1.82, 2.24) is 25.0 Å². The summed E-state index contributed by atoms with van der Waals surface area (Å²) in [6.45, 7) is 9.85. The minimum Gasteiger partial charge on any atom is -0.493 e. The highest BCUT2D eigenvalue weighted by atomic mass is 16.5. The molecule has 0 saturated carbocycles. The molecule has 5 rings (SSSR count). The molecule has 1 aromatic heterocycles. The quantitative estimate of drug-likeness (QED) is 0.894. The van der Waals surface area contributed by atoms with Crippen LogP contribution in [0.2, 0.25) is 0 Å². The SMILES string of the molecule is C[C@@H](c1ccc2c(c1)OCC2)N1CCN(c2nc3n(n2)CCNC3)CC1. The van der Waals surface area contributed by atoms with Crippen LogP contribution in [0.5, 0.6) is 5.75 Å². The highest BCUT2D eigenvalue weighted by Crippen LogP contribution is 2.31. The van der Waals surface area contributed by atoms with Crippen LogP contribution in [-0.4, -0.2) is 59.0 Å². The Labute approximate surface area is 153 Å². The van der Waals surface area contributed by atoms with Crippen LogP contribution < -0.4 is 15.0 Å². The van der Waals surface area contributed by atoms with Crippen molar-refractivity contribution >= 4 is 5.95 Å². The monoisotopic (exact) mass is 354 g/mol. The first-order valence-corrected chi connectivity index (χ1v) is 9.67. The van der Waals surface area contributed by atoms with Crippen LogP contribution in [0, 0.1) is 0 Å². The molecule has 3 aliphatic rings. The van der Waals surface area contributed by atoms with Crippen molar-refractivity contribution in [2.75, 3.05) is 44.2 Å². The summed E-state index contributed by atoms with van der Waals surface area (Å²) in [5, 5.41) is 8.05. The van der Waals surface area contributed by atoms with Gasteiger partial charge in [0.05, 0.1) is 19.7 Å². The lowest BCUT2D eigenvalue weighted by Gasteiger charge is -2.37. The van der Waals surface area contributed by atoms with Crippen LogP contribution in [0.4, 0.5) is 5.95 Å². The van der Waals surface area contributed by atoms with Gasteiger partial charge in [-0.05, 0) is 24.1 Å². The fraction of sp³-hybridized carbons (Fsp3) is 0.579. The molecule has 4 heterocycles. The van der Waals surface area contributed by atoms with E-state index in [9.17, 15) is 0 Å². The molecule has 0 unspecified atom stereocenters. The van der Waals surface area contributed by atoms with E-state index in [1.54, 1.807) is 0 Å². The lowest BCUT2D eigenvalue weighted by Crippen LogP contribution is -2.47. The molecule has 138 valence electrons. The number of aromatic nitrogens is 3. The molecule has 26 heavy (non-hydrogen) atoms. The van der Waals surface area contributed by atoms with Gasteiger partial charge in [-0.3, -0.25) is 4.90 Å². The Morgan fingerprint density at radius 3 is 2.88 bits per heavy atom. The van der Waals surface area contributed by atoms with E-state index in [0.717, 1.165) is 76.4 Å². The highest BCUT2D eigenvalue weighted by molar-refractivity contribution is 5.41. The topological polar surface area (TPSA) is 58.5 Å². The molecule has 3 aliphatic heterocycles. The fourth-order valence-corrected chi connectivity index (χ4v) is 4.15. The highest BCUT2D eigenvalue weighted by Gasteiger charge is 2.26. The second-order valence-electron chi connectivity index (χ2n) is 7.39. The molecule has 1 N–H and O–H groups in total. The third-order valence-corrected chi connectivity index (χ3v) is 5.87.